The third kappa shape index (κ3) is 4.15. The predicted molar refractivity (Wildman–Crippen MR) is 106 cm³/mol. The summed E-state index contributed by atoms with van der Waals surface area (Å²) in [7, 11) is 1.59. The van der Waals surface area contributed by atoms with E-state index in [-0.39, 0.29) is 42.5 Å². The standard InChI is InChI=1S/C21H19F3N4O4/c1-12-6-7-15(19(29)27(12)2)20(30)28-8-9-31-16(11-28)18-25-17(26-32-18)13-4-3-5-14(10-13)21(22,23)24/h3-7,10,16H,8-9,11H2,1-2H3. The molecule has 1 aliphatic heterocycles. The molecule has 11 heteroatoms. The summed E-state index contributed by atoms with van der Waals surface area (Å²) in [6, 6.07) is 7.75. The number of carbonyl (C=O) groups is 1. The molecule has 1 atom stereocenters. The molecule has 2 aromatic heterocycles. The van der Waals surface area contributed by atoms with Gasteiger partial charge in [-0.2, -0.15) is 18.2 Å². The Morgan fingerprint density at radius 3 is 2.75 bits per heavy atom. The van der Waals surface area contributed by atoms with Gasteiger partial charge in [0, 0.05) is 24.8 Å². The van der Waals surface area contributed by atoms with E-state index in [1.807, 2.05) is 0 Å². The van der Waals surface area contributed by atoms with E-state index >= 15 is 0 Å². The molecule has 32 heavy (non-hydrogen) atoms. The Kier molecular flexibility index (Phi) is 5.59. The first kappa shape index (κ1) is 21.8. The highest BCUT2D eigenvalue weighted by Gasteiger charge is 2.33. The van der Waals surface area contributed by atoms with Crippen molar-refractivity contribution < 1.29 is 27.2 Å². The van der Waals surface area contributed by atoms with Gasteiger partial charge in [0.2, 0.25) is 5.82 Å². The van der Waals surface area contributed by atoms with E-state index in [0.717, 1.165) is 17.8 Å². The molecule has 1 amide bonds. The molecule has 0 saturated carbocycles. The lowest BCUT2D eigenvalue weighted by Gasteiger charge is -2.31. The fourth-order valence-electron chi connectivity index (χ4n) is 3.36. The van der Waals surface area contributed by atoms with Gasteiger partial charge in [-0.05, 0) is 31.2 Å². The van der Waals surface area contributed by atoms with Gasteiger partial charge in [0.1, 0.15) is 5.56 Å². The largest absolute Gasteiger partial charge is 0.416 e. The van der Waals surface area contributed by atoms with Gasteiger partial charge in [0.15, 0.2) is 6.10 Å². The smallest absolute Gasteiger partial charge is 0.365 e. The van der Waals surface area contributed by atoms with Crippen LogP contribution in [0.4, 0.5) is 13.2 Å². The van der Waals surface area contributed by atoms with E-state index in [2.05, 4.69) is 10.1 Å². The molecule has 1 aliphatic rings. The van der Waals surface area contributed by atoms with Crippen LogP contribution in [0, 0.1) is 6.92 Å². The molecule has 1 unspecified atom stereocenters. The summed E-state index contributed by atoms with van der Waals surface area (Å²) < 4.78 is 51.1. The minimum Gasteiger partial charge on any atom is -0.365 e. The van der Waals surface area contributed by atoms with Crippen LogP contribution in [0.15, 0.2) is 45.7 Å². The molecule has 168 valence electrons. The number of carbonyl (C=O) groups excluding carboxylic acids is 1. The Labute approximate surface area is 180 Å². The van der Waals surface area contributed by atoms with E-state index in [4.69, 9.17) is 9.26 Å². The number of morpholine rings is 1. The summed E-state index contributed by atoms with van der Waals surface area (Å²) in [5, 5.41) is 3.76. The molecule has 1 fully saturated rings. The molecule has 0 N–H and O–H groups in total. The van der Waals surface area contributed by atoms with Gasteiger partial charge in [-0.15, -0.1) is 0 Å². The van der Waals surface area contributed by atoms with Crippen LogP contribution >= 0.6 is 0 Å². The predicted octanol–water partition coefficient (Wildman–Crippen LogP) is 2.98. The van der Waals surface area contributed by atoms with E-state index in [0.29, 0.717) is 0 Å². The van der Waals surface area contributed by atoms with Gasteiger partial charge in [-0.3, -0.25) is 9.59 Å². The zero-order chi connectivity index (χ0) is 23.0. The molecule has 1 aromatic carbocycles. The van der Waals surface area contributed by atoms with Crippen LogP contribution < -0.4 is 5.56 Å². The maximum absolute atomic E-state index is 13.0. The van der Waals surface area contributed by atoms with Crippen LogP contribution in [0.5, 0.6) is 0 Å². The lowest BCUT2D eigenvalue weighted by molar-refractivity contribution is -0.137. The van der Waals surface area contributed by atoms with Crippen molar-refractivity contribution >= 4 is 5.91 Å². The van der Waals surface area contributed by atoms with Crippen LogP contribution in [0.25, 0.3) is 11.4 Å². The summed E-state index contributed by atoms with van der Waals surface area (Å²) in [6.45, 7) is 2.25. The van der Waals surface area contributed by atoms with E-state index in [1.165, 1.54) is 27.7 Å². The highest BCUT2D eigenvalue weighted by Crippen LogP contribution is 2.32. The number of benzene rings is 1. The number of ether oxygens (including phenoxy) is 1. The van der Waals surface area contributed by atoms with Crippen molar-refractivity contribution in [1.82, 2.24) is 19.6 Å². The summed E-state index contributed by atoms with van der Waals surface area (Å²) in [5.74, 6) is -0.436. The van der Waals surface area contributed by atoms with Gasteiger partial charge in [-0.25, -0.2) is 0 Å². The molecule has 8 nitrogen and oxygen atoms in total. The Balaban J connectivity index is 1.54. The van der Waals surface area contributed by atoms with Gasteiger partial charge in [0.05, 0.1) is 18.7 Å². The highest BCUT2D eigenvalue weighted by atomic mass is 19.4. The number of aryl methyl sites for hydroxylation is 1. The SMILES string of the molecule is Cc1ccc(C(=O)N2CCOC(c3nc(-c4cccc(C(F)(F)F)c4)no3)C2)c(=O)n1C. The van der Waals surface area contributed by atoms with Crippen molar-refractivity contribution in [3.05, 3.63) is 69.5 Å². The van der Waals surface area contributed by atoms with Crippen molar-refractivity contribution in [3.8, 4) is 11.4 Å². The van der Waals surface area contributed by atoms with Crippen LogP contribution in [-0.4, -0.2) is 45.2 Å². The zero-order valence-electron chi connectivity index (χ0n) is 17.2. The van der Waals surface area contributed by atoms with Crippen molar-refractivity contribution in [2.45, 2.75) is 19.2 Å². The first-order valence-electron chi connectivity index (χ1n) is 9.74. The van der Waals surface area contributed by atoms with Gasteiger partial charge in [-0.1, -0.05) is 17.3 Å². The second-order valence-corrected chi connectivity index (χ2v) is 7.40. The summed E-state index contributed by atoms with van der Waals surface area (Å²) in [4.78, 5) is 31.0. The lowest BCUT2D eigenvalue weighted by atomic mass is 10.1. The Hall–Kier alpha value is -3.47. The first-order valence-corrected chi connectivity index (χ1v) is 9.74. The number of hydrogen-bond donors (Lipinski definition) is 0. The second-order valence-electron chi connectivity index (χ2n) is 7.40. The molecule has 0 bridgehead atoms. The normalized spacial score (nSPS) is 16.9. The van der Waals surface area contributed by atoms with Crippen LogP contribution in [0.3, 0.4) is 0 Å². The molecule has 1 saturated heterocycles. The number of halogens is 3. The Bertz CT molecular complexity index is 1220. The molecule has 4 rings (SSSR count). The maximum Gasteiger partial charge on any atom is 0.416 e. The molecular formula is C21H19F3N4O4. The average Bonchev–Trinajstić information content (AvgIpc) is 3.27. The number of alkyl halides is 3. The van der Waals surface area contributed by atoms with Crippen LogP contribution in [0.2, 0.25) is 0 Å². The number of hydrogen-bond acceptors (Lipinski definition) is 6. The van der Waals surface area contributed by atoms with Gasteiger partial charge >= 0.3 is 6.18 Å². The topological polar surface area (TPSA) is 90.5 Å². The van der Waals surface area contributed by atoms with Gasteiger partial charge in [0.25, 0.3) is 17.4 Å². The summed E-state index contributed by atoms with van der Waals surface area (Å²) >= 11 is 0. The fraction of sp³-hybridized carbons (Fsp3) is 0.333. The van der Waals surface area contributed by atoms with Crippen LogP contribution in [-0.2, 0) is 18.0 Å². The van der Waals surface area contributed by atoms with Crippen molar-refractivity contribution in [2.75, 3.05) is 19.7 Å². The molecule has 0 aliphatic carbocycles. The summed E-state index contributed by atoms with van der Waals surface area (Å²) in [5.41, 5.74) is -0.329. The molecule has 3 aromatic rings. The van der Waals surface area contributed by atoms with Crippen molar-refractivity contribution in [2.24, 2.45) is 7.05 Å². The average molecular weight is 448 g/mol. The van der Waals surface area contributed by atoms with E-state index in [1.54, 1.807) is 20.0 Å². The van der Waals surface area contributed by atoms with E-state index in [9.17, 15) is 22.8 Å². The zero-order valence-corrected chi connectivity index (χ0v) is 17.2. The number of pyridine rings is 1. The Morgan fingerprint density at radius 1 is 1.22 bits per heavy atom. The van der Waals surface area contributed by atoms with E-state index < -0.39 is 29.3 Å². The number of nitrogens with zero attached hydrogens (tertiary/aromatic N) is 4. The quantitative estimate of drug-likeness (QED) is 0.612. The Morgan fingerprint density at radius 2 is 2.00 bits per heavy atom. The molecule has 0 spiro atoms. The maximum atomic E-state index is 13.0. The highest BCUT2D eigenvalue weighted by molar-refractivity contribution is 5.94. The molecule has 0 radical (unpaired) electrons. The van der Waals surface area contributed by atoms with Gasteiger partial charge < -0.3 is 18.7 Å². The minimum atomic E-state index is -4.50. The molecular weight excluding hydrogens is 429 g/mol. The van der Waals surface area contributed by atoms with Crippen LogP contribution in [0.1, 0.15) is 33.6 Å². The monoisotopic (exact) mass is 448 g/mol. The van der Waals surface area contributed by atoms with Crippen molar-refractivity contribution in [3.63, 3.8) is 0 Å². The number of amides is 1. The lowest BCUT2D eigenvalue weighted by Crippen LogP contribution is -2.44. The second kappa shape index (κ2) is 8.23. The van der Waals surface area contributed by atoms with Crippen molar-refractivity contribution in [1.29, 1.82) is 0 Å². The minimum absolute atomic E-state index is 0.0226. The molecule has 3 heterocycles. The first-order chi connectivity index (χ1) is 15.1. The summed E-state index contributed by atoms with van der Waals surface area (Å²) in [6.07, 6.45) is -5.27. The third-order valence-corrected chi connectivity index (χ3v) is 5.30. The number of rotatable bonds is 3. The third-order valence-electron chi connectivity index (χ3n) is 5.30. The fourth-order valence-corrected chi connectivity index (χ4v) is 3.36. The number of aromatic nitrogens is 3.